The molecule has 226 valence electrons. The number of amides is 2. The quantitative estimate of drug-likeness (QED) is 0.179. The van der Waals surface area contributed by atoms with E-state index in [1.165, 1.54) is 0 Å². The van der Waals surface area contributed by atoms with E-state index in [0.29, 0.717) is 55.5 Å². The topological polar surface area (TPSA) is 100 Å². The second kappa shape index (κ2) is 14.4. The third kappa shape index (κ3) is 6.94. The summed E-state index contributed by atoms with van der Waals surface area (Å²) in [6, 6.07) is 27.6. The zero-order chi connectivity index (χ0) is 30.1. The lowest BCUT2D eigenvalue weighted by molar-refractivity contribution is 0.00328. The Kier molecular flexibility index (Phi) is 10.9. The van der Waals surface area contributed by atoms with E-state index >= 15 is 0 Å². The molecule has 1 fully saturated rings. The van der Waals surface area contributed by atoms with Crippen molar-refractivity contribution in [1.82, 2.24) is 10.2 Å². The monoisotopic (exact) mass is 592 g/mol. The number of rotatable bonds is 14. The van der Waals surface area contributed by atoms with Gasteiger partial charge in [-0.05, 0) is 43.9 Å². The van der Waals surface area contributed by atoms with Gasteiger partial charge in [0.25, 0.3) is 0 Å². The third-order valence-corrected chi connectivity index (χ3v) is 11.0. The van der Waals surface area contributed by atoms with Crippen LogP contribution in [0.1, 0.15) is 50.3 Å². The average molecular weight is 593 g/mol. The van der Waals surface area contributed by atoms with Gasteiger partial charge < -0.3 is 33.7 Å². The number of carbonyl (C=O) groups excluding carboxylic acids is 1. The molecule has 1 aliphatic heterocycles. The average Bonchev–Trinajstić information content (AvgIpc) is 3.40. The highest BCUT2D eigenvalue weighted by molar-refractivity contribution is 6.60. The minimum absolute atomic E-state index is 0.0328. The first-order valence-corrected chi connectivity index (χ1v) is 16.8. The normalized spacial score (nSPS) is 19.2. The van der Waals surface area contributed by atoms with E-state index < -0.39 is 26.0 Å². The maximum Gasteiger partial charge on any atom is 0.500 e. The summed E-state index contributed by atoms with van der Waals surface area (Å²) in [7, 11) is -2.84. The van der Waals surface area contributed by atoms with Crippen molar-refractivity contribution in [3.8, 4) is 0 Å². The number of urea groups is 1. The largest absolute Gasteiger partial charge is 0.500 e. The number of nitrogens with one attached hydrogen (secondary N) is 1. The minimum Gasteiger partial charge on any atom is -0.383 e. The molecule has 1 heterocycles. The Labute approximate surface area is 250 Å². The first kappa shape index (κ1) is 31.9. The van der Waals surface area contributed by atoms with Crippen LogP contribution in [0, 0.1) is 0 Å². The van der Waals surface area contributed by atoms with Crippen molar-refractivity contribution in [2.24, 2.45) is 0 Å². The second-order valence-corrected chi connectivity index (χ2v) is 13.3. The van der Waals surface area contributed by atoms with Crippen molar-refractivity contribution >= 4 is 14.8 Å². The summed E-state index contributed by atoms with van der Waals surface area (Å²) in [5.41, 5.74) is -0.911. The number of benzene rings is 3. The van der Waals surface area contributed by atoms with Crippen LogP contribution in [-0.2, 0) is 24.5 Å². The first-order valence-electron chi connectivity index (χ1n) is 14.9. The van der Waals surface area contributed by atoms with Crippen molar-refractivity contribution in [3.05, 3.63) is 108 Å². The van der Waals surface area contributed by atoms with Gasteiger partial charge in [-0.2, -0.15) is 0 Å². The molecule has 1 aliphatic rings. The summed E-state index contributed by atoms with van der Waals surface area (Å²) < 4.78 is 17.9. The molecule has 0 bridgehead atoms. The molecule has 0 unspecified atom stereocenters. The molecule has 2 amide bonds. The third-order valence-electron chi connectivity index (χ3n) is 7.85. The summed E-state index contributed by atoms with van der Waals surface area (Å²) in [5, 5.41) is 27.7. The fraction of sp³-hybridized carbons (Fsp3) is 0.424. The summed E-state index contributed by atoms with van der Waals surface area (Å²) in [6.45, 7) is 7.63. The molecule has 3 aromatic rings. The van der Waals surface area contributed by atoms with Gasteiger partial charge in [0, 0.05) is 38.8 Å². The SMILES string of the molecule is CCO[Si](CCCNC(=O)N1C[C@@](O)(c2ccccc2)C[C@H]1C(O)(c1ccccc1)c1ccccc1)(OCC)OCC. The van der Waals surface area contributed by atoms with Crippen LogP contribution in [0.25, 0.3) is 0 Å². The molecule has 0 saturated carbocycles. The van der Waals surface area contributed by atoms with Gasteiger partial charge in [0.2, 0.25) is 0 Å². The van der Waals surface area contributed by atoms with Crippen LogP contribution in [0.5, 0.6) is 0 Å². The predicted octanol–water partition coefficient (Wildman–Crippen LogP) is 5.03. The van der Waals surface area contributed by atoms with Gasteiger partial charge in [-0.1, -0.05) is 91.0 Å². The summed E-state index contributed by atoms with van der Waals surface area (Å²) in [5.74, 6) is 0. The van der Waals surface area contributed by atoms with Crippen LogP contribution in [0.3, 0.4) is 0 Å². The Morgan fingerprint density at radius 2 is 1.36 bits per heavy atom. The maximum atomic E-state index is 13.9. The zero-order valence-electron chi connectivity index (χ0n) is 24.9. The Morgan fingerprint density at radius 3 is 1.83 bits per heavy atom. The van der Waals surface area contributed by atoms with Crippen LogP contribution in [0.4, 0.5) is 4.79 Å². The molecule has 3 aromatic carbocycles. The molecular weight excluding hydrogens is 548 g/mol. The van der Waals surface area contributed by atoms with Gasteiger partial charge in [-0.3, -0.25) is 0 Å². The number of hydrogen-bond acceptors (Lipinski definition) is 6. The molecule has 8 nitrogen and oxygen atoms in total. The molecule has 2 atom stereocenters. The van der Waals surface area contributed by atoms with Crippen LogP contribution in [-0.4, -0.2) is 68.9 Å². The highest BCUT2D eigenvalue weighted by Gasteiger charge is 2.55. The number of hydrogen-bond donors (Lipinski definition) is 3. The van der Waals surface area contributed by atoms with Crippen molar-refractivity contribution in [1.29, 1.82) is 0 Å². The van der Waals surface area contributed by atoms with Gasteiger partial charge in [0.15, 0.2) is 0 Å². The van der Waals surface area contributed by atoms with Crippen molar-refractivity contribution < 1.29 is 28.3 Å². The lowest BCUT2D eigenvalue weighted by Crippen LogP contribution is -2.53. The molecule has 0 radical (unpaired) electrons. The highest BCUT2D eigenvalue weighted by atomic mass is 28.4. The van der Waals surface area contributed by atoms with Crippen molar-refractivity contribution in [2.45, 2.75) is 56.9 Å². The molecule has 3 N–H and O–H groups in total. The second-order valence-electron chi connectivity index (χ2n) is 10.6. The summed E-state index contributed by atoms with van der Waals surface area (Å²) in [6.07, 6.45) is 0.751. The Balaban J connectivity index is 1.63. The Hall–Kier alpha value is -3.05. The maximum absolute atomic E-state index is 13.9. The van der Waals surface area contributed by atoms with E-state index in [4.69, 9.17) is 13.3 Å². The standard InChI is InChI=1S/C33H44N2O6Si/c1-4-39-42(40-5-2,41-6-3)24-16-23-34-31(36)35-26-32(37,27-17-10-7-11-18-27)25-30(35)33(38,28-19-12-8-13-20-28)29-21-14-9-15-22-29/h7-15,17-22,30,37-38H,4-6,16,23-26H2,1-3H3,(H,34,36)/t30-,32+/m0/s1. The van der Waals surface area contributed by atoms with Crippen LogP contribution in [0.2, 0.25) is 6.04 Å². The predicted molar refractivity (Wildman–Crippen MR) is 165 cm³/mol. The van der Waals surface area contributed by atoms with Crippen molar-refractivity contribution in [3.63, 3.8) is 0 Å². The lowest BCUT2D eigenvalue weighted by Gasteiger charge is -2.39. The molecule has 4 rings (SSSR count). The fourth-order valence-electron chi connectivity index (χ4n) is 5.97. The van der Waals surface area contributed by atoms with Crippen LogP contribution >= 0.6 is 0 Å². The van der Waals surface area contributed by atoms with E-state index in [1.807, 2.05) is 112 Å². The molecule has 0 spiro atoms. The van der Waals surface area contributed by atoms with E-state index in [1.54, 1.807) is 4.90 Å². The zero-order valence-corrected chi connectivity index (χ0v) is 25.9. The number of β-amino-alcohol motifs (C(OH)–C–C–N with tert-alkyl or cyclic N) is 1. The van der Waals surface area contributed by atoms with Crippen LogP contribution in [0.15, 0.2) is 91.0 Å². The van der Waals surface area contributed by atoms with E-state index in [-0.39, 0.29) is 19.0 Å². The van der Waals surface area contributed by atoms with E-state index in [9.17, 15) is 15.0 Å². The molecule has 0 aliphatic carbocycles. The van der Waals surface area contributed by atoms with Gasteiger partial charge in [0.1, 0.15) is 11.2 Å². The number of nitrogens with zero attached hydrogens (tertiary/aromatic N) is 1. The van der Waals surface area contributed by atoms with Crippen molar-refractivity contribution in [2.75, 3.05) is 32.9 Å². The molecule has 0 aromatic heterocycles. The van der Waals surface area contributed by atoms with Gasteiger partial charge in [-0.25, -0.2) is 4.79 Å². The highest BCUT2D eigenvalue weighted by Crippen LogP contribution is 2.46. The van der Waals surface area contributed by atoms with Gasteiger partial charge in [0.05, 0.1) is 12.6 Å². The minimum atomic E-state index is -2.84. The number of carbonyl (C=O) groups is 1. The summed E-state index contributed by atoms with van der Waals surface area (Å²) >= 11 is 0. The number of aliphatic hydroxyl groups is 2. The van der Waals surface area contributed by atoms with E-state index in [0.717, 1.165) is 0 Å². The van der Waals surface area contributed by atoms with Gasteiger partial charge in [-0.15, -0.1) is 0 Å². The smallest absolute Gasteiger partial charge is 0.383 e. The summed E-state index contributed by atoms with van der Waals surface area (Å²) in [4.78, 5) is 15.5. The van der Waals surface area contributed by atoms with E-state index in [2.05, 4.69) is 5.32 Å². The molecule has 42 heavy (non-hydrogen) atoms. The Morgan fingerprint density at radius 1 is 0.881 bits per heavy atom. The molecule has 1 saturated heterocycles. The Bertz CT molecular complexity index is 1190. The first-order chi connectivity index (χ1) is 20.3. The van der Waals surface area contributed by atoms with Gasteiger partial charge >= 0.3 is 14.8 Å². The lowest BCUT2D eigenvalue weighted by atomic mass is 9.77. The van der Waals surface area contributed by atoms with Crippen LogP contribution < -0.4 is 5.32 Å². The molecule has 9 heteroatoms. The fourth-order valence-corrected chi connectivity index (χ4v) is 8.58. The molecular formula is C33H44N2O6Si. The number of likely N-dealkylation sites (tertiary alicyclic amines) is 1.